The standard InChI is InChI=1S/C21H24N6O3/c1-4-5-11-27-17-18(23-20(27)26-12-9-22-10-13-26)24-21(25(2)19(17)28)30-16-8-6-7-15(14-16)29-3/h6-8,14,22H,9-13H2,1-3H3. The van der Waals surface area contributed by atoms with Crippen LogP contribution in [0.1, 0.15) is 6.92 Å². The van der Waals surface area contributed by atoms with E-state index in [1.165, 1.54) is 4.57 Å². The van der Waals surface area contributed by atoms with Gasteiger partial charge < -0.3 is 19.7 Å². The molecule has 1 aliphatic heterocycles. The first kappa shape index (κ1) is 19.8. The van der Waals surface area contributed by atoms with Crippen LogP contribution < -0.4 is 25.2 Å². The number of anilines is 1. The summed E-state index contributed by atoms with van der Waals surface area (Å²) in [6.45, 7) is 5.47. The van der Waals surface area contributed by atoms with Crippen LogP contribution in [0.4, 0.5) is 5.95 Å². The van der Waals surface area contributed by atoms with E-state index in [4.69, 9.17) is 14.5 Å². The lowest BCUT2D eigenvalue weighted by Gasteiger charge is -2.28. The van der Waals surface area contributed by atoms with E-state index in [1.54, 1.807) is 33.2 Å². The highest BCUT2D eigenvalue weighted by molar-refractivity contribution is 5.75. The van der Waals surface area contributed by atoms with Crippen LogP contribution in [-0.2, 0) is 13.6 Å². The summed E-state index contributed by atoms with van der Waals surface area (Å²) in [5.41, 5.74) is 0.541. The lowest BCUT2D eigenvalue weighted by atomic mass is 10.3. The van der Waals surface area contributed by atoms with Crippen molar-refractivity contribution in [3.63, 3.8) is 0 Å². The SMILES string of the molecule is CC#CCn1c(N2CCNCC2)nc2nc(Oc3cccc(OC)c3)n(C)c(=O)c21. The molecule has 0 radical (unpaired) electrons. The van der Waals surface area contributed by atoms with Gasteiger partial charge in [0.25, 0.3) is 5.56 Å². The first-order valence-electron chi connectivity index (χ1n) is 9.77. The summed E-state index contributed by atoms with van der Waals surface area (Å²) < 4.78 is 14.4. The van der Waals surface area contributed by atoms with Gasteiger partial charge in [0, 0.05) is 39.3 Å². The zero-order valence-electron chi connectivity index (χ0n) is 17.3. The van der Waals surface area contributed by atoms with Gasteiger partial charge in [0.1, 0.15) is 11.5 Å². The Morgan fingerprint density at radius 2 is 1.97 bits per heavy atom. The molecule has 1 fully saturated rings. The van der Waals surface area contributed by atoms with Crippen LogP contribution in [0.15, 0.2) is 29.1 Å². The lowest BCUT2D eigenvalue weighted by molar-refractivity contribution is 0.396. The minimum atomic E-state index is -0.232. The zero-order valence-corrected chi connectivity index (χ0v) is 17.3. The third-order valence-corrected chi connectivity index (χ3v) is 4.99. The third-order valence-electron chi connectivity index (χ3n) is 4.99. The van der Waals surface area contributed by atoms with E-state index in [9.17, 15) is 4.79 Å². The Kier molecular flexibility index (Phi) is 5.59. The first-order chi connectivity index (χ1) is 14.6. The number of hydrogen-bond donors (Lipinski definition) is 1. The molecule has 3 aromatic rings. The van der Waals surface area contributed by atoms with Gasteiger partial charge in [-0.2, -0.15) is 9.97 Å². The molecule has 0 amide bonds. The number of piperazine rings is 1. The van der Waals surface area contributed by atoms with E-state index >= 15 is 0 Å². The molecule has 0 spiro atoms. The second kappa shape index (κ2) is 8.47. The number of rotatable bonds is 5. The largest absolute Gasteiger partial charge is 0.497 e. The fraction of sp³-hybridized carbons (Fsp3) is 0.381. The van der Waals surface area contributed by atoms with E-state index in [0.29, 0.717) is 35.2 Å². The van der Waals surface area contributed by atoms with Crippen molar-refractivity contribution in [2.75, 3.05) is 38.2 Å². The highest BCUT2D eigenvalue weighted by atomic mass is 16.5. The number of ether oxygens (including phenoxy) is 2. The second-order valence-corrected chi connectivity index (χ2v) is 6.87. The quantitative estimate of drug-likeness (QED) is 0.638. The average molecular weight is 408 g/mol. The Morgan fingerprint density at radius 3 is 2.70 bits per heavy atom. The third kappa shape index (κ3) is 3.69. The summed E-state index contributed by atoms with van der Waals surface area (Å²) >= 11 is 0. The molecule has 0 bridgehead atoms. The van der Waals surface area contributed by atoms with Crippen LogP contribution in [0, 0.1) is 11.8 Å². The molecular weight excluding hydrogens is 384 g/mol. The van der Waals surface area contributed by atoms with Crippen LogP contribution in [0.25, 0.3) is 11.2 Å². The lowest BCUT2D eigenvalue weighted by Crippen LogP contribution is -2.44. The summed E-state index contributed by atoms with van der Waals surface area (Å²) in [6, 6.07) is 7.31. The molecule has 0 aliphatic carbocycles. The van der Waals surface area contributed by atoms with Gasteiger partial charge in [-0.05, 0) is 19.1 Å². The number of benzene rings is 1. The molecule has 1 aliphatic rings. The minimum absolute atomic E-state index is 0.166. The van der Waals surface area contributed by atoms with E-state index < -0.39 is 0 Å². The molecule has 0 atom stereocenters. The number of imidazole rings is 1. The molecule has 9 nitrogen and oxygen atoms in total. The van der Waals surface area contributed by atoms with E-state index in [0.717, 1.165) is 26.2 Å². The van der Waals surface area contributed by atoms with Crippen LogP contribution in [0.5, 0.6) is 17.5 Å². The van der Waals surface area contributed by atoms with Gasteiger partial charge in [0.2, 0.25) is 5.95 Å². The molecule has 30 heavy (non-hydrogen) atoms. The summed E-state index contributed by atoms with van der Waals surface area (Å²) in [6.07, 6.45) is 0. The van der Waals surface area contributed by atoms with Gasteiger partial charge in [-0.25, -0.2) is 0 Å². The molecule has 9 heteroatoms. The molecule has 1 N–H and O–H groups in total. The van der Waals surface area contributed by atoms with E-state index in [2.05, 4.69) is 27.0 Å². The summed E-state index contributed by atoms with van der Waals surface area (Å²) in [7, 11) is 3.22. The highest BCUT2D eigenvalue weighted by Gasteiger charge is 2.23. The maximum absolute atomic E-state index is 13.2. The molecule has 1 saturated heterocycles. The van der Waals surface area contributed by atoms with Crippen molar-refractivity contribution in [3.8, 4) is 29.4 Å². The number of methoxy groups -OCH3 is 1. The Balaban J connectivity index is 1.82. The van der Waals surface area contributed by atoms with Crippen molar-refractivity contribution in [2.45, 2.75) is 13.5 Å². The maximum atomic E-state index is 13.2. The van der Waals surface area contributed by atoms with Gasteiger partial charge in [0.15, 0.2) is 11.2 Å². The Morgan fingerprint density at radius 1 is 1.20 bits per heavy atom. The monoisotopic (exact) mass is 408 g/mol. The second-order valence-electron chi connectivity index (χ2n) is 6.87. The molecule has 156 valence electrons. The number of aromatic nitrogens is 4. The molecule has 4 rings (SSSR count). The Hall–Kier alpha value is -3.51. The number of hydrogen-bond acceptors (Lipinski definition) is 7. The van der Waals surface area contributed by atoms with Crippen molar-refractivity contribution in [1.82, 2.24) is 24.4 Å². The van der Waals surface area contributed by atoms with Crippen molar-refractivity contribution in [2.24, 2.45) is 7.05 Å². The van der Waals surface area contributed by atoms with Gasteiger partial charge in [-0.1, -0.05) is 12.0 Å². The van der Waals surface area contributed by atoms with Crippen molar-refractivity contribution >= 4 is 17.1 Å². The topological polar surface area (TPSA) is 86.4 Å². The Bertz CT molecular complexity index is 1180. The zero-order chi connectivity index (χ0) is 21.1. The van der Waals surface area contributed by atoms with Crippen molar-refractivity contribution < 1.29 is 9.47 Å². The predicted molar refractivity (Wildman–Crippen MR) is 114 cm³/mol. The smallest absolute Gasteiger partial charge is 0.306 e. The van der Waals surface area contributed by atoms with E-state index in [1.807, 2.05) is 16.7 Å². The van der Waals surface area contributed by atoms with Crippen LogP contribution in [0.3, 0.4) is 0 Å². The van der Waals surface area contributed by atoms with Crippen LogP contribution >= 0.6 is 0 Å². The highest BCUT2D eigenvalue weighted by Crippen LogP contribution is 2.26. The van der Waals surface area contributed by atoms with Crippen LogP contribution in [0.2, 0.25) is 0 Å². The van der Waals surface area contributed by atoms with E-state index in [-0.39, 0.29) is 11.6 Å². The van der Waals surface area contributed by atoms with Gasteiger partial charge in [-0.15, -0.1) is 5.92 Å². The fourth-order valence-corrected chi connectivity index (χ4v) is 3.40. The fourth-order valence-electron chi connectivity index (χ4n) is 3.40. The minimum Gasteiger partial charge on any atom is -0.497 e. The molecule has 3 heterocycles. The van der Waals surface area contributed by atoms with Gasteiger partial charge in [-0.3, -0.25) is 13.9 Å². The maximum Gasteiger partial charge on any atom is 0.306 e. The van der Waals surface area contributed by atoms with Crippen molar-refractivity contribution in [1.29, 1.82) is 0 Å². The number of fused-ring (bicyclic) bond motifs is 1. The predicted octanol–water partition coefficient (Wildman–Crippen LogP) is 1.36. The molecular formula is C21H24N6O3. The van der Waals surface area contributed by atoms with Gasteiger partial charge >= 0.3 is 6.01 Å². The summed E-state index contributed by atoms with van der Waals surface area (Å²) in [4.78, 5) is 24.6. The summed E-state index contributed by atoms with van der Waals surface area (Å²) in [5, 5.41) is 3.33. The average Bonchev–Trinajstić information content (AvgIpc) is 3.15. The van der Waals surface area contributed by atoms with Crippen LogP contribution in [-0.4, -0.2) is 52.4 Å². The summed E-state index contributed by atoms with van der Waals surface area (Å²) in [5.74, 6) is 7.82. The molecule has 0 unspecified atom stereocenters. The number of nitrogens with one attached hydrogen (secondary N) is 1. The molecule has 0 saturated carbocycles. The first-order valence-corrected chi connectivity index (χ1v) is 9.77. The van der Waals surface area contributed by atoms with Gasteiger partial charge in [0.05, 0.1) is 13.7 Å². The van der Waals surface area contributed by atoms with Crippen molar-refractivity contribution in [3.05, 3.63) is 34.6 Å². The molecule has 2 aromatic heterocycles. The normalized spacial score (nSPS) is 13.8. The Labute approximate surface area is 174 Å². The number of nitrogens with zero attached hydrogens (tertiary/aromatic N) is 5. The molecule has 1 aromatic carbocycles.